The van der Waals surface area contributed by atoms with Crippen LogP contribution in [0.2, 0.25) is 0 Å². The average molecular weight is 256 g/mol. The number of rotatable bonds is 4. The molecule has 2 heteroatoms. The van der Waals surface area contributed by atoms with Crippen molar-refractivity contribution in [1.29, 1.82) is 0 Å². The summed E-state index contributed by atoms with van der Waals surface area (Å²) in [5, 5.41) is 0. The van der Waals surface area contributed by atoms with Crippen molar-refractivity contribution >= 4 is 5.78 Å². The number of carbonyl (C=O) groups excluding carboxylic acids is 1. The predicted molar refractivity (Wildman–Crippen MR) is 78.5 cm³/mol. The molecule has 2 aromatic carbocycles. The van der Waals surface area contributed by atoms with Crippen LogP contribution in [0.15, 0.2) is 60.7 Å². The van der Waals surface area contributed by atoms with Gasteiger partial charge in [0.15, 0.2) is 5.78 Å². The molecule has 0 unspecified atom stereocenters. The SMILES string of the molecule is CCOCC.O=C(c1ccccc1)c1ccccc1. The molecule has 2 rings (SSSR count). The van der Waals surface area contributed by atoms with Crippen LogP contribution < -0.4 is 0 Å². The van der Waals surface area contributed by atoms with Crippen molar-refractivity contribution in [1.82, 2.24) is 0 Å². The topological polar surface area (TPSA) is 26.3 Å². The van der Waals surface area contributed by atoms with Crippen LogP contribution in [-0.2, 0) is 4.74 Å². The molecule has 0 heterocycles. The van der Waals surface area contributed by atoms with Gasteiger partial charge in [-0.2, -0.15) is 0 Å². The van der Waals surface area contributed by atoms with Crippen LogP contribution in [0.5, 0.6) is 0 Å². The maximum absolute atomic E-state index is 11.8. The maximum Gasteiger partial charge on any atom is 0.193 e. The van der Waals surface area contributed by atoms with Crippen molar-refractivity contribution in [2.24, 2.45) is 0 Å². The number of hydrogen-bond donors (Lipinski definition) is 0. The Morgan fingerprint density at radius 2 is 1.16 bits per heavy atom. The second kappa shape index (κ2) is 9.06. The zero-order valence-electron chi connectivity index (χ0n) is 11.5. The molecule has 0 atom stereocenters. The lowest BCUT2D eigenvalue weighted by Gasteiger charge is -1.99. The molecule has 0 saturated carbocycles. The van der Waals surface area contributed by atoms with Gasteiger partial charge in [0.1, 0.15) is 0 Å². The predicted octanol–water partition coefficient (Wildman–Crippen LogP) is 3.96. The van der Waals surface area contributed by atoms with Gasteiger partial charge >= 0.3 is 0 Å². The summed E-state index contributed by atoms with van der Waals surface area (Å²) in [4.78, 5) is 11.8. The van der Waals surface area contributed by atoms with E-state index >= 15 is 0 Å². The number of ether oxygens (including phenoxy) is 1. The molecule has 0 aliphatic carbocycles. The third-order valence-corrected chi connectivity index (χ3v) is 2.48. The summed E-state index contributed by atoms with van der Waals surface area (Å²) in [6, 6.07) is 18.6. The largest absolute Gasteiger partial charge is 0.382 e. The Morgan fingerprint density at radius 3 is 1.42 bits per heavy atom. The van der Waals surface area contributed by atoms with Crippen molar-refractivity contribution in [3.05, 3.63) is 71.8 Å². The van der Waals surface area contributed by atoms with E-state index in [0.717, 1.165) is 24.3 Å². The summed E-state index contributed by atoms with van der Waals surface area (Å²) in [6.07, 6.45) is 0. The highest BCUT2D eigenvalue weighted by atomic mass is 16.5. The first-order chi connectivity index (χ1) is 9.29. The Kier molecular flexibility index (Phi) is 7.21. The second-order valence-electron chi connectivity index (χ2n) is 3.84. The lowest BCUT2D eigenvalue weighted by molar-refractivity contribution is 0.103. The molecule has 0 radical (unpaired) electrons. The van der Waals surface area contributed by atoms with Gasteiger partial charge in [-0.1, -0.05) is 60.7 Å². The highest BCUT2D eigenvalue weighted by molar-refractivity contribution is 6.08. The summed E-state index contributed by atoms with van der Waals surface area (Å²) in [5.74, 6) is 0.0752. The molecule has 100 valence electrons. The van der Waals surface area contributed by atoms with Gasteiger partial charge in [0.05, 0.1) is 0 Å². The fourth-order valence-corrected chi connectivity index (χ4v) is 1.55. The summed E-state index contributed by atoms with van der Waals surface area (Å²) in [5.41, 5.74) is 1.47. The molecular weight excluding hydrogens is 236 g/mol. The van der Waals surface area contributed by atoms with Gasteiger partial charge in [-0.25, -0.2) is 0 Å². The Bertz CT molecular complexity index is 420. The third-order valence-electron chi connectivity index (χ3n) is 2.48. The van der Waals surface area contributed by atoms with Crippen LogP contribution in [0, 0.1) is 0 Å². The van der Waals surface area contributed by atoms with Crippen LogP contribution in [0.4, 0.5) is 0 Å². The lowest BCUT2D eigenvalue weighted by Crippen LogP contribution is -1.99. The Morgan fingerprint density at radius 1 is 0.789 bits per heavy atom. The van der Waals surface area contributed by atoms with Gasteiger partial charge < -0.3 is 4.74 Å². The minimum atomic E-state index is 0.0752. The van der Waals surface area contributed by atoms with E-state index in [1.165, 1.54) is 0 Å². The second-order valence-corrected chi connectivity index (χ2v) is 3.84. The van der Waals surface area contributed by atoms with Crippen molar-refractivity contribution < 1.29 is 9.53 Å². The maximum atomic E-state index is 11.8. The normalized spacial score (nSPS) is 9.37. The van der Waals surface area contributed by atoms with Crippen LogP contribution in [0.25, 0.3) is 0 Å². The van der Waals surface area contributed by atoms with Crippen molar-refractivity contribution in [3.8, 4) is 0 Å². The molecule has 0 N–H and O–H groups in total. The van der Waals surface area contributed by atoms with E-state index in [1.54, 1.807) is 0 Å². The van der Waals surface area contributed by atoms with E-state index in [1.807, 2.05) is 74.5 Å². The molecule has 0 aliphatic rings. The van der Waals surface area contributed by atoms with Crippen LogP contribution in [0.1, 0.15) is 29.8 Å². The van der Waals surface area contributed by atoms with Gasteiger partial charge in [0.25, 0.3) is 0 Å². The van der Waals surface area contributed by atoms with Gasteiger partial charge in [0.2, 0.25) is 0 Å². The standard InChI is InChI=1S/C13H10O.C4H10O/c14-13(11-7-3-1-4-8-11)12-9-5-2-6-10-12;1-3-5-4-2/h1-10H;3-4H2,1-2H3. The molecule has 0 bridgehead atoms. The zero-order chi connectivity index (χ0) is 13.9. The fourth-order valence-electron chi connectivity index (χ4n) is 1.55. The molecule has 0 amide bonds. The van der Waals surface area contributed by atoms with Gasteiger partial charge in [-0.05, 0) is 13.8 Å². The molecule has 19 heavy (non-hydrogen) atoms. The minimum absolute atomic E-state index is 0.0752. The summed E-state index contributed by atoms with van der Waals surface area (Å²) in [7, 11) is 0. The first-order valence-corrected chi connectivity index (χ1v) is 6.52. The van der Waals surface area contributed by atoms with Crippen molar-refractivity contribution in [2.45, 2.75) is 13.8 Å². The van der Waals surface area contributed by atoms with Crippen molar-refractivity contribution in [3.63, 3.8) is 0 Å². The van der Waals surface area contributed by atoms with Crippen LogP contribution in [-0.4, -0.2) is 19.0 Å². The summed E-state index contributed by atoms with van der Waals surface area (Å²) >= 11 is 0. The fraction of sp³-hybridized carbons (Fsp3) is 0.235. The molecule has 0 fully saturated rings. The lowest BCUT2D eigenvalue weighted by atomic mass is 10.0. The number of carbonyl (C=O) groups is 1. The summed E-state index contributed by atoms with van der Waals surface area (Å²) in [6.45, 7) is 5.67. The molecule has 2 nitrogen and oxygen atoms in total. The molecule has 0 aliphatic heterocycles. The van der Waals surface area contributed by atoms with Crippen LogP contribution >= 0.6 is 0 Å². The number of hydrogen-bond acceptors (Lipinski definition) is 2. The Hall–Kier alpha value is -1.93. The highest BCUT2D eigenvalue weighted by Crippen LogP contribution is 2.08. The first-order valence-electron chi connectivity index (χ1n) is 6.52. The van der Waals surface area contributed by atoms with E-state index in [0.29, 0.717) is 0 Å². The molecular formula is C17H20O2. The third kappa shape index (κ3) is 5.49. The van der Waals surface area contributed by atoms with Gasteiger partial charge in [-0.3, -0.25) is 4.79 Å². The average Bonchev–Trinajstić information content (AvgIpc) is 2.50. The molecule has 2 aromatic rings. The van der Waals surface area contributed by atoms with Crippen molar-refractivity contribution in [2.75, 3.05) is 13.2 Å². The first kappa shape index (κ1) is 15.1. The Labute approximate surface area is 115 Å². The van der Waals surface area contributed by atoms with E-state index in [4.69, 9.17) is 4.74 Å². The van der Waals surface area contributed by atoms with Gasteiger partial charge in [-0.15, -0.1) is 0 Å². The smallest absolute Gasteiger partial charge is 0.193 e. The zero-order valence-corrected chi connectivity index (χ0v) is 11.5. The van der Waals surface area contributed by atoms with Crippen LogP contribution in [0.3, 0.4) is 0 Å². The number of ketones is 1. The Balaban J connectivity index is 0.000000312. The highest BCUT2D eigenvalue weighted by Gasteiger charge is 2.06. The quantitative estimate of drug-likeness (QED) is 0.774. The molecule has 0 saturated heterocycles. The minimum Gasteiger partial charge on any atom is -0.382 e. The van der Waals surface area contributed by atoms with E-state index in [9.17, 15) is 4.79 Å². The molecule has 0 aromatic heterocycles. The van der Waals surface area contributed by atoms with E-state index in [2.05, 4.69) is 0 Å². The van der Waals surface area contributed by atoms with E-state index < -0.39 is 0 Å². The van der Waals surface area contributed by atoms with E-state index in [-0.39, 0.29) is 5.78 Å². The number of benzene rings is 2. The summed E-state index contributed by atoms with van der Waals surface area (Å²) < 4.78 is 4.83. The van der Waals surface area contributed by atoms with Gasteiger partial charge in [0, 0.05) is 24.3 Å². The monoisotopic (exact) mass is 256 g/mol. The molecule has 0 spiro atoms.